The molecule has 0 N–H and O–H groups in total. The fraction of sp³-hybridized carbons (Fsp3) is 0.500. The third-order valence-electron chi connectivity index (χ3n) is 2.83. The van der Waals surface area contributed by atoms with Crippen molar-refractivity contribution in [2.45, 2.75) is 39.5 Å². The molecule has 5 heteroatoms. The topological polar surface area (TPSA) is 52.6 Å². The Morgan fingerprint density at radius 3 is 1.57 bits per heavy atom. The summed E-state index contributed by atoms with van der Waals surface area (Å²) in [5, 5.41) is 0. The molecule has 0 heterocycles. The molecule has 1 aromatic carbocycles. The van der Waals surface area contributed by atoms with Crippen molar-refractivity contribution in [2.24, 2.45) is 0 Å². The van der Waals surface area contributed by atoms with E-state index in [1.807, 2.05) is 13.8 Å². The van der Waals surface area contributed by atoms with Crippen LogP contribution in [0.3, 0.4) is 0 Å². The Hall–Kier alpha value is -1.04. The number of hydrogen-bond acceptors (Lipinski definition) is 4. The van der Waals surface area contributed by atoms with Gasteiger partial charge in [0.05, 0.1) is 24.3 Å². The number of unbranched alkanes of at least 4 members (excludes halogenated alkanes) is 2. The van der Waals surface area contributed by atoms with Gasteiger partial charge in [0, 0.05) is 0 Å². The SMILES string of the molecule is CCCCOC(=O)c1ccccc1C(=O)OCCCC.[SnH4]. The first-order valence-corrected chi connectivity index (χ1v) is 7.14. The predicted molar refractivity (Wildman–Crippen MR) is 88.2 cm³/mol. The number of hydrogen-bond donors (Lipinski definition) is 0. The van der Waals surface area contributed by atoms with Crippen LogP contribution in [0.2, 0.25) is 0 Å². The summed E-state index contributed by atoms with van der Waals surface area (Å²) in [7, 11) is 0. The molecule has 118 valence electrons. The molecule has 0 saturated heterocycles. The van der Waals surface area contributed by atoms with E-state index >= 15 is 0 Å². The van der Waals surface area contributed by atoms with Crippen LogP contribution in [0.15, 0.2) is 24.3 Å². The van der Waals surface area contributed by atoms with Gasteiger partial charge in [0.15, 0.2) is 0 Å². The Kier molecular flexibility index (Phi) is 11.0. The van der Waals surface area contributed by atoms with Crippen LogP contribution in [0.4, 0.5) is 0 Å². The van der Waals surface area contributed by atoms with Crippen LogP contribution in [0.5, 0.6) is 0 Å². The summed E-state index contributed by atoms with van der Waals surface area (Å²) in [4.78, 5) is 23.9. The van der Waals surface area contributed by atoms with E-state index in [2.05, 4.69) is 0 Å². The van der Waals surface area contributed by atoms with E-state index in [9.17, 15) is 9.59 Å². The van der Waals surface area contributed by atoms with Crippen molar-refractivity contribution in [1.82, 2.24) is 0 Å². The molecule has 0 unspecified atom stereocenters. The number of benzene rings is 1. The molecule has 0 radical (unpaired) electrons. The number of ether oxygens (including phenoxy) is 2. The van der Waals surface area contributed by atoms with E-state index in [1.165, 1.54) is 0 Å². The molecule has 0 aliphatic rings. The normalized spacial score (nSPS) is 9.62. The van der Waals surface area contributed by atoms with Gasteiger partial charge in [-0.05, 0) is 25.0 Å². The summed E-state index contributed by atoms with van der Waals surface area (Å²) < 4.78 is 10.3. The molecular formula is C16H26O4Sn. The minimum absolute atomic E-state index is 0. The second kappa shape index (κ2) is 11.6. The quantitative estimate of drug-likeness (QED) is 0.381. The molecule has 0 saturated carbocycles. The fourth-order valence-corrected chi connectivity index (χ4v) is 1.61. The predicted octanol–water partition coefficient (Wildman–Crippen LogP) is 2.15. The average molecular weight is 401 g/mol. The summed E-state index contributed by atoms with van der Waals surface area (Å²) in [6.07, 6.45) is 3.53. The molecule has 0 fully saturated rings. The Bertz CT molecular complexity index is 405. The monoisotopic (exact) mass is 402 g/mol. The zero-order chi connectivity index (χ0) is 14.8. The first-order chi connectivity index (χ1) is 9.70. The third-order valence-corrected chi connectivity index (χ3v) is 2.83. The summed E-state index contributed by atoms with van der Waals surface area (Å²) in [5.74, 6) is -0.942. The summed E-state index contributed by atoms with van der Waals surface area (Å²) >= 11 is 0. The van der Waals surface area contributed by atoms with Gasteiger partial charge in [0.1, 0.15) is 0 Å². The Labute approximate surface area is 143 Å². The van der Waals surface area contributed by atoms with Crippen LogP contribution in [0, 0.1) is 0 Å². The molecule has 0 aromatic heterocycles. The summed E-state index contributed by atoms with van der Waals surface area (Å²) in [5.41, 5.74) is 0.537. The zero-order valence-corrected chi connectivity index (χ0v) is 12.2. The van der Waals surface area contributed by atoms with Gasteiger partial charge in [-0.15, -0.1) is 0 Å². The fourth-order valence-electron chi connectivity index (χ4n) is 1.61. The van der Waals surface area contributed by atoms with E-state index in [0.29, 0.717) is 13.2 Å². The third kappa shape index (κ3) is 6.98. The van der Waals surface area contributed by atoms with E-state index in [-0.39, 0.29) is 35.0 Å². The van der Waals surface area contributed by atoms with E-state index in [4.69, 9.17) is 9.47 Å². The number of carbonyl (C=O) groups is 2. The van der Waals surface area contributed by atoms with E-state index < -0.39 is 11.9 Å². The summed E-state index contributed by atoms with van der Waals surface area (Å²) in [6.45, 7) is 4.78. The van der Waals surface area contributed by atoms with Crippen molar-refractivity contribution >= 4 is 35.8 Å². The van der Waals surface area contributed by atoms with Gasteiger partial charge in [0.25, 0.3) is 0 Å². The van der Waals surface area contributed by atoms with Gasteiger partial charge < -0.3 is 9.47 Å². The van der Waals surface area contributed by atoms with Crippen LogP contribution in [-0.4, -0.2) is 49.1 Å². The van der Waals surface area contributed by atoms with Crippen molar-refractivity contribution in [1.29, 1.82) is 0 Å². The van der Waals surface area contributed by atoms with Gasteiger partial charge in [-0.2, -0.15) is 0 Å². The Morgan fingerprint density at radius 2 is 1.24 bits per heavy atom. The first kappa shape index (κ1) is 20.0. The van der Waals surface area contributed by atoms with Crippen molar-refractivity contribution < 1.29 is 19.1 Å². The number of esters is 2. The Balaban J connectivity index is 0.00000400. The molecule has 1 aromatic rings. The standard InChI is InChI=1S/C16H22O4.Sn.4H/c1-3-5-11-19-15(17)13-9-7-8-10-14(13)16(18)20-12-6-4-2;;;;;/h7-10H,3-6,11-12H2,1-2H3;;;;;. The van der Waals surface area contributed by atoms with E-state index in [0.717, 1.165) is 25.7 Å². The van der Waals surface area contributed by atoms with Crippen LogP contribution < -0.4 is 0 Å². The van der Waals surface area contributed by atoms with E-state index in [1.54, 1.807) is 24.3 Å². The van der Waals surface area contributed by atoms with Crippen LogP contribution in [-0.2, 0) is 9.47 Å². The van der Waals surface area contributed by atoms with Crippen molar-refractivity contribution in [3.05, 3.63) is 35.4 Å². The molecule has 0 aliphatic carbocycles. The number of carbonyl (C=O) groups excluding carboxylic acids is 2. The molecule has 0 aliphatic heterocycles. The zero-order valence-electron chi connectivity index (χ0n) is 12.2. The first-order valence-electron chi connectivity index (χ1n) is 7.14. The van der Waals surface area contributed by atoms with Crippen LogP contribution in [0.25, 0.3) is 0 Å². The van der Waals surface area contributed by atoms with Gasteiger partial charge in [0.2, 0.25) is 0 Å². The second-order valence-electron chi connectivity index (χ2n) is 4.52. The maximum absolute atomic E-state index is 11.9. The molecule has 21 heavy (non-hydrogen) atoms. The van der Waals surface area contributed by atoms with Gasteiger partial charge >= 0.3 is 35.8 Å². The van der Waals surface area contributed by atoms with Crippen LogP contribution >= 0.6 is 0 Å². The van der Waals surface area contributed by atoms with Crippen molar-refractivity contribution in [3.8, 4) is 0 Å². The Morgan fingerprint density at radius 1 is 0.857 bits per heavy atom. The van der Waals surface area contributed by atoms with Gasteiger partial charge in [-0.25, -0.2) is 9.59 Å². The molecule has 0 amide bonds. The maximum atomic E-state index is 11.9. The van der Waals surface area contributed by atoms with Crippen molar-refractivity contribution in [3.63, 3.8) is 0 Å². The van der Waals surface area contributed by atoms with Gasteiger partial charge in [-0.3, -0.25) is 0 Å². The average Bonchev–Trinajstić information content (AvgIpc) is 2.47. The van der Waals surface area contributed by atoms with Crippen LogP contribution in [0.1, 0.15) is 60.2 Å². The number of rotatable bonds is 8. The van der Waals surface area contributed by atoms with Gasteiger partial charge in [-0.1, -0.05) is 38.8 Å². The molecule has 0 bridgehead atoms. The molecule has 0 atom stereocenters. The molecule has 0 spiro atoms. The molecular weight excluding hydrogens is 375 g/mol. The molecule has 4 nitrogen and oxygen atoms in total. The molecule has 1 rings (SSSR count). The minimum atomic E-state index is -0.471. The van der Waals surface area contributed by atoms with Crippen molar-refractivity contribution in [2.75, 3.05) is 13.2 Å². The summed E-state index contributed by atoms with van der Waals surface area (Å²) in [6, 6.07) is 6.59. The second-order valence-corrected chi connectivity index (χ2v) is 4.52.